The fraction of sp³-hybridized carbons (Fsp3) is 0.571. The van der Waals surface area contributed by atoms with Crippen LogP contribution < -0.4 is 5.73 Å². The summed E-state index contributed by atoms with van der Waals surface area (Å²) in [7, 11) is -3.64. The maximum absolute atomic E-state index is 12.7. The quantitative estimate of drug-likeness (QED) is 0.654. The highest BCUT2D eigenvalue weighted by molar-refractivity contribution is 7.92. The highest BCUT2D eigenvalue weighted by Crippen LogP contribution is 2.42. The fourth-order valence-corrected chi connectivity index (χ4v) is 5.68. The van der Waals surface area contributed by atoms with E-state index in [4.69, 9.17) is 17.3 Å². The van der Waals surface area contributed by atoms with Crippen LogP contribution in [0.15, 0.2) is 17.0 Å². The van der Waals surface area contributed by atoms with Crippen molar-refractivity contribution in [1.82, 2.24) is 4.90 Å². The second kappa shape index (κ2) is 5.34. The number of likely N-dealkylation sites (tertiary alicyclic amines) is 1. The van der Waals surface area contributed by atoms with Crippen LogP contribution in [0, 0.1) is 0 Å². The zero-order valence-corrected chi connectivity index (χ0v) is 13.2. The van der Waals surface area contributed by atoms with Crippen molar-refractivity contribution in [3.05, 3.63) is 17.2 Å². The van der Waals surface area contributed by atoms with Crippen LogP contribution in [0.25, 0.3) is 0 Å². The number of nitrogen functional groups attached to an aromatic ring is 1. The van der Waals surface area contributed by atoms with Gasteiger partial charge in [0.05, 0.1) is 16.0 Å². The Labute approximate surface area is 129 Å². The molecule has 1 aromatic rings. The van der Waals surface area contributed by atoms with Gasteiger partial charge in [0.15, 0.2) is 15.6 Å². The second-order valence-electron chi connectivity index (χ2n) is 5.85. The lowest BCUT2D eigenvalue weighted by atomic mass is 9.91. The maximum Gasteiger partial charge on any atom is 0.186 e. The van der Waals surface area contributed by atoms with E-state index in [1.807, 2.05) is 0 Å². The van der Waals surface area contributed by atoms with Crippen LogP contribution in [0.4, 0.5) is 5.69 Å². The molecule has 1 aliphatic carbocycles. The van der Waals surface area contributed by atoms with E-state index in [2.05, 4.69) is 4.90 Å². The minimum Gasteiger partial charge on any atom is -0.504 e. The van der Waals surface area contributed by atoms with Gasteiger partial charge in [-0.3, -0.25) is 0 Å². The summed E-state index contributed by atoms with van der Waals surface area (Å²) in [4.78, 5) is 2.14. The number of sulfone groups is 1. The monoisotopic (exact) mass is 330 g/mol. The number of rotatable bonds is 3. The molecule has 2 fully saturated rings. The smallest absolute Gasteiger partial charge is 0.186 e. The molecule has 7 heteroatoms. The Morgan fingerprint density at radius 3 is 2.48 bits per heavy atom. The number of phenols is 1. The van der Waals surface area contributed by atoms with Crippen LogP contribution in [-0.4, -0.2) is 42.8 Å². The molecule has 0 atom stereocenters. The first-order valence-corrected chi connectivity index (χ1v) is 9.08. The van der Waals surface area contributed by atoms with Crippen LogP contribution in [0.3, 0.4) is 0 Å². The summed E-state index contributed by atoms with van der Waals surface area (Å²) >= 11 is 5.97. The van der Waals surface area contributed by atoms with Gasteiger partial charge >= 0.3 is 0 Å². The van der Waals surface area contributed by atoms with Crippen molar-refractivity contribution in [2.75, 3.05) is 18.8 Å². The van der Waals surface area contributed by atoms with E-state index < -0.39 is 20.8 Å². The van der Waals surface area contributed by atoms with Crippen LogP contribution >= 0.6 is 11.6 Å². The molecule has 2 aliphatic rings. The summed E-state index contributed by atoms with van der Waals surface area (Å²) in [5.41, 5.74) is 5.63. The van der Waals surface area contributed by atoms with Crippen molar-refractivity contribution < 1.29 is 13.5 Å². The van der Waals surface area contributed by atoms with Crippen molar-refractivity contribution in [3.8, 4) is 5.75 Å². The van der Waals surface area contributed by atoms with Gasteiger partial charge in [0.1, 0.15) is 4.90 Å². The number of anilines is 1. The molecule has 5 nitrogen and oxygen atoms in total. The first-order chi connectivity index (χ1) is 9.91. The minimum atomic E-state index is -3.64. The van der Waals surface area contributed by atoms with E-state index in [1.54, 1.807) is 0 Å². The van der Waals surface area contributed by atoms with Gasteiger partial charge in [-0.1, -0.05) is 11.6 Å². The number of aromatic hydroxyl groups is 1. The van der Waals surface area contributed by atoms with Gasteiger partial charge in [-0.2, -0.15) is 0 Å². The summed E-state index contributed by atoms with van der Waals surface area (Å²) in [6, 6.07) is 3.17. The number of nitrogens with zero attached hydrogens (tertiary/aromatic N) is 1. The lowest BCUT2D eigenvalue weighted by Gasteiger charge is -2.40. The van der Waals surface area contributed by atoms with Crippen molar-refractivity contribution in [3.63, 3.8) is 0 Å². The molecule has 1 aromatic carbocycles. The Bertz CT molecular complexity index is 650. The predicted octanol–water partition coefficient (Wildman–Crippen LogP) is 2.03. The number of benzene rings is 1. The SMILES string of the molecule is Nc1ccc(Cl)c(S(=O)(=O)C2CC(N3CCCC3)C2)c1O. The van der Waals surface area contributed by atoms with Crippen LogP contribution in [0.1, 0.15) is 25.7 Å². The van der Waals surface area contributed by atoms with Gasteiger partial charge < -0.3 is 15.7 Å². The molecule has 0 aromatic heterocycles. The highest BCUT2D eigenvalue weighted by atomic mass is 35.5. The summed E-state index contributed by atoms with van der Waals surface area (Å²) in [6.07, 6.45) is 3.59. The van der Waals surface area contributed by atoms with Crippen molar-refractivity contribution in [2.45, 2.75) is 41.9 Å². The molecule has 3 N–H and O–H groups in total. The molecular formula is C14H19ClN2O3S. The summed E-state index contributed by atoms with van der Waals surface area (Å²) in [6.45, 7) is 2.11. The van der Waals surface area contributed by atoms with Gasteiger partial charge in [0.25, 0.3) is 0 Å². The molecule has 1 saturated carbocycles. The summed E-state index contributed by atoms with van der Waals surface area (Å²) in [5.74, 6) is -0.424. The number of hydrogen-bond acceptors (Lipinski definition) is 5. The molecule has 1 aliphatic heterocycles. The molecule has 0 spiro atoms. The molecule has 0 amide bonds. The van der Waals surface area contributed by atoms with Gasteiger partial charge in [-0.05, 0) is 50.9 Å². The van der Waals surface area contributed by atoms with E-state index in [-0.39, 0.29) is 15.6 Å². The van der Waals surface area contributed by atoms with Gasteiger partial charge in [0.2, 0.25) is 0 Å². The van der Waals surface area contributed by atoms with Crippen LogP contribution in [0.5, 0.6) is 5.75 Å². The van der Waals surface area contributed by atoms with E-state index in [0.717, 1.165) is 13.1 Å². The Morgan fingerprint density at radius 1 is 1.24 bits per heavy atom. The first kappa shape index (κ1) is 14.9. The molecule has 1 saturated heterocycles. The predicted molar refractivity (Wildman–Crippen MR) is 82.3 cm³/mol. The normalized spacial score (nSPS) is 26.7. The number of halogens is 1. The molecule has 116 valence electrons. The largest absolute Gasteiger partial charge is 0.504 e. The Hall–Kier alpha value is -0.980. The number of nitrogens with two attached hydrogens (primary N) is 1. The third kappa shape index (κ3) is 2.49. The van der Waals surface area contributed by atoms with Crippen molar-refractivity contribution in [1.29, 1.82) is 0 Å². The number of hydrogen-bond donors (Lipinski definition) is 2. The molecular weight excluding hydrogens is 312 g/mol. The molecule has 21 heavy (non-hydrogen) atoms. The lowest BCUT2D eigenvalue weighted by Crippen LogP contribution is -2.48. The van der Waals surface area contributed by atoms with Crippen molar-refractivity contribution >= 4 is 27.1 Å². The van der Waals surface area contributed by atoms with E-state index in [9.17, 15) is 13.5 Å². The summed E-state index contributed by atoms with van der Waals surface area (Å²) in [5, 5.41) is 9.52. The Balaban J connectivity index is 1.81. The van der Waals surface area contributed by atoms with Gasteiger partial charge in [-0.25, -0.2) is 8.42 Å². The van der Waals surface area contributed by atoms with Gasteiger partial charge in [-0.15, -0.1) is 0 Å². The molecule has 0 radical (unpaired) electrons. The summed E-state index contributed by atoms with van der Waals surface area (Å²) < 4.78 is 25.3. The zero-order chi connectivity index (χ0) is 15.2. The highest BCUT2D eigenvalue weighted by Gasteiger charge is 2.44. The Morgan fingerprint density at radius 2 is 1.86 bits per heavy atom. The second-order valence-corrected chi connectivity index (χ2v) is 8.42. The van der Waals surface area contributed by atoms with E-state index >= 15 is 0 Å². The maximum atomic E-state index is 12.7. The van der Waals surface area contributed by atoms with E-state index in [0.29, 0.717) is 18.9 Å². The molecule has 3 rings (SSSR count). The third-order valence-electron chi connectivity index (χ3n) is 4.56. The zero-order valence-electron chi connectivity index (χ0n) is 11.6. The Kier molecular flexibility index (Phi) is 3.80. The first-order valence-electron chi connectivity index (χ1n) is 7.16. The van der Waals surface area contributed by atoms with Crippen LogP contribution in [-0.2, 0) is 9.84 Å². The number of phenolic OH excluding ortho intramolecular Hbond substituents is 1. The lowest BCUT2D eigenvalue weighted by molar-refractivity contribution is 0.161. The fourth-order valence-electron chi connectivity index (χ4n) is 3.20. The van der Waals surface area contributed by atoms with Crippen molar-refractivity contribution in [2.24, 2.45) is 0 Å². The third-order valence-corrected chi connectivity index (χ3v) is 7.24. The minimum absolute atomic E-state index is 0.0336. The standard InChI is InChI=1S/C14H19ClN2O3S/c15-11-3-4-12(16)13(18)14(11)21(19,20)10-7-9(8-10)17-5-1-2-6-17/h3-4,9-10,18H,1-2,5-8,16H2. The van der Waals surface area contributed by atoms with Gasteiger partial charge in [0, 0.05) is 6.04 Å². The topological polar surface area (TPSA) is 83.6 Å². The molecule has 0 bridgehead atoms. The molecule has 0 unspecified atom stereocenters. The average molecular weight is 331 g/mol. The van der Waals surface area contributed by atoms with Crippen LogP contribution in [0.2, 0.25) is 5.02 Å². The van der Waals surface area contributed by atoms with E-state index in [1.165, 1.54) is 25.0 Å². The average Bonchev–Trinajstić information content (AvgIpc) is 2.85. The molecule has 1 heterocycles.